The Morgan fingerprint density at radius 2 is 1.77 bits per heavy atom. The van der Waals surface area contributed by atoms with E-state index in [0.717, 1.165) is 24.7 Å². The first-order valence-corrected chi connectivity index (χ1v) is 13.7. The van der Waals surface area contributed by atoms with Crippen LogP contribution < -0.4 is 11.1 Å². The minimum Gasteiger partial charge on any atom is -0.384 e. The van der Waals surface area contributed by atoms with Crippen molar-refractivity contribution in [3.8, 4) is 11.8 Å². The van der Waals surface area contributed by atoms with Gasteiger partial charge in [0.1, 0.15) is 11.5 Å². The number of para-hydroxylation sites is 1. The molecule has 1 amide bonds. The van der Waals surface area contributed by atoms with E-state index in [9.17, 15) is 18.0 Å². The summed E-state index contributed by atoms with van der Waals surface area (Å²) >= 11 is 0. The van der Waals surface area contributed by atoms with Crippen molar-refractivity contribution in [2.24, 2.45) is 10.7 Å². The fourth-order valence-electron chi connectivity index (χ4n) is 4.44. The number of alkyl halides is 3. The molecule has 1 aliphatic rings. The maximum atomic E-state index is 14.0. The maximum Gasteiger partial charge on any atom is 0.416 e. The number of carbonyl (C=O) groups is 1. The van der Waals surface area contributed by atoms with Crippen molar-refractivity contribution >= 4 is 28.8 Å². The molecular weight excluding hydrogens is 553 g/mol. The van der Waals surface area contributed by atoms with Crippen LogP contribution in [0.4, 0.5) is 24.5 Å². The highest BCUT2D eigenvalue weighted by Gasteiger charge is 2.34. The van der Waals surface area contributed by atoms with Gasteiger partial charge in [-0.15, -0.1) is 0 Å². The Balaban J connectivity index is 1.45. The molecule has 1 saturated heterocycles. The highest BCUT2D eigenvalue weighted by Crippen LogP contribution is 2.34. The number of hydrogen-bond donors (Lipinski definition) is 3. The Kier molecular flexibility index (Phi) is 10.1. The zero-order chi connectivity index (χ0) is 31.0. The third-order valence-corrected chi connectivity index (χ3v) is 6.93. The number of likely N-dealkylation sites (N-methyl/N-ethyl adjacent to an activating group) is 1. The summed E-state index contributed by atoms with van der Waals surface area (Å²) in [5.41, 5.74) is 7.54. The fourth-order valence-corrected chi connectivity index (χ4v) is 4.44. The number of carbonyl (C=O) groups excluding carboxylic acids is 1. The van der Waals surface area contributed by atoms with Crippen LogP contribution in [0.5, 0.6) is 0 Å². The van der Waals surface area contributed by atoms with Crippen molar-refractivity contribution in [3.63, 3.8) is 0 Å². The second-order valence-corrected chi connectivity index (χ2v) is 10.3. The number of nitrogens with zero attached hydrogens (tertiary/aromatic N) is 3. The molecule has 0 spiro atoms. The van der Waals surface area contributed by atoms with Gasteiger partial charge in [-0.3, -0.25) is 15.1 Å². The van der Waals surface area contributed by atoms with Gasteiger partial charge in [0.2, 0.25) is 0 Å². The number of hydrogen-bond acceptors (Lipinski definition) is 5. The molecule has 10 heteroatoms. The van der Waals surface area contributed by atoms with E-state index in [-0.39, 0.29) is 34.9 Å². The van der Waals surface area contributed by atoms with Crippen LogP contribution >= 0.6 is 0 Å². The Morgan fingerprint density at radius 1 is 1.05 bits per heavy atom. The highest BCUT2D eigenvalue weighted by molar-refractivity contribution is 6.10. The minimum absolute atomic E-state index is 0.0168. The molecule has 0 saturated carbocycles. The van der Waals surface area contributed by atoms with E-state index in [1.165, 1.54) is 24.3 Å². The van der Waals surface area contributed by atoms with E-state index < -0.39 is 17.6 Å². The number of halogens is 3. The molecular formula is C33H33F3N6O. The van der Waals surface area contributed by atoms with Gasteiger partial charge in [0.05, 0.1) is 11.3 Å². The van der Waals surface area contributed by atoms with Gasteiger partial charge in [-0.05, 0) is 79.6 Å². The third-order valence-electron chi connectivity index (χ3n) is 6.93. The van der Waals surface area contributed by atoms with Crippen LogP contribution in [0.15, 0.2) is 83.9 Å². The zero-order valence-electron chi connectivity index (χ0n) is 24.0. The van der Waals surface area contributed by atoms with Crippen molar-refractivity contribution in [3.05, 3.63) is 107 Å². The van der Waals surface area contributed by atoms with Gasteiger partial charge in [0, 0.05) is 49.5 Å². The monoisotopic (exact) mass is 586 g/mol. The molecule has 0 unspecified atom stereocenters. The topological polar surface area (TPSA) is 97.8 Å². The molecule has 7 nitrogen and oxygen atoms in total. The average molecular weight is 587 g/mol. The summed E-state index contributed by atoms with van der Waals surface area (Å²) in [5, 5.41) is 10.7. The van der Waals surface area contributed by atoms with E-state index in [4.69, 9.17) is 11.1 Å². The van der Waals surface area contributed by atoms with Crippen molar-refractivity contribution in [1.29, 1.82) is 5.41 Å². The predicted molar refractivity (Wildman–Crippen MR) is 165 cm³/mol. The van der Waals surface area contributed by atoms with Crippen LogP contribution in [0.25, 0.3) is 0 Å². The Labute approximate surface area is 249 Å². The lowest BCUT2D eigenvalue weighted by Crippen LogP contribution is -2.44. The molecule has 0 atom stereocenters. The van der Waals surface area contributed by atoms with Crippen LogP contribution in [0, 0.1) is 24.2 Å². The van der Waals surface area contributed by atoms with Crippen LogP contribution in [-0.2, 0) is 12.7 Å². The number of aliphatic imine (C=N–C) groups is 1. The van der Waals surface area contributed by atoms with Crippen LogP contribution in [0.2, 0.25) is 0 Å². The predicted octanol–water partition coefficient (Wildman–Crippen LogP) is 5.63. The number of amides is 1. The van der Waals surface area contributed by atoms with Gasteiger partial charge >= 0.3 is 6.18 Å². The molecule has 1 heterocycles. The van der Waals surface area contributed by atoms with Gasteiger partial charge in [-0.2, -0.15) is 13.2 Å². The number of piperazine rings is 1. The van der Waals surface area contributed by atoms with Crippen LogP contribution in [0.3, 0.4) is 0 Å². The second-order valence-electron chi connectivity index (χ2n) is 10.3. The van der Waals surface area contributed by atoms with E-state index in [2.05, 4.69) is 27.0 Å². The summed E-state index contributed by atoms with van der Waals surface area (Å²) in [6.45, 7) is 4.98. The lowest BCUT2D eigenvalue weighted by Gasteiger charge is -2.33. The summed E-state index contributed by atoms with van der Waals surface area (Å²) in [6, 6.07) is 17.9. The molecule has 0 radical (unpaired) electrons. The Bertz CT molecular complexity index is 1590. The summed E-state index contributed by atoms with van der Waals surface area (Å²) in [4.78, 5) is 21.4. The second kappa shape index (κ2) is 14.0. The van der Waals surface area contributed by atoms with E-state index in [1.807, 2.05) is 37.1 Å². The van der Waals surface area contributed by atoms with Gasteiger partial charge in [0.15, 0.2) is 0 Å². The molecule has 4 N–H and O–H groups in total. The molecule has 1 fully saturated rings. The molecule has 0 aliphatic carbocycles. The number of nitrogens with one attached hydrogen (secondary N) is 2. The van der Waals surface area contributed by atoms with Gasteiger partial charge in [-0.1, -0.05) is 36.3 Å². The van der Waals surface area contributed by atoms with Crippen molar-refractivity contribution in [2.75, 3.05) is 38.5 Å². The molecule has 0 aromatic heterocycles. The molecule has 3 aromatic carbocycles. The Hall–Kier alpha value is -4.72. The number of aryl methyl sites for hydroxylation is 1. The van der Waals surface area contributed by atoms with E-state index >= 15 is 0 Å². The van der Waals surface area contributed by atoms with Crippen LogP contribution in [-0.4, -0.2) is 60.5 Å². The standard InChI is InChI=1S/C33H33F3N6O/c1-23-8-9-25(20-24(23)10-12-27(37)13-15-31(38)39-28-6-4-3-5-7-28)32(43)40-29-14-11-26(30(21-29)33(34,35)36)22-42-18-16-41(2)17-19-42/h3-9,11,13-15,20-21,37H,16-19,22H2,1-2H3,(H2,38,39)(H,40,43)/b15-13-,37-27?. The first kappa shape index (κ1) is 31.2. The van der Waals surface area contributed by atoms with Crippen molar-refractivity contribution in [1.82, 2.24) is 9.80 Å². The highest BCUT2D eigenvalue weighted by atomic mass is 19.4. The molecule has 1 aliphatic heterocycles. The fraction of sp³-hybridized carbons (Fsp3) is 0.242. The first-order valence-electron chi connectivity index (χ1n) is 13.7. The first-order chi connectivity index (χ1) is 20.5. The van der Waals surface area contributed by atoms with Crippen molar-refractivity contribution < 1.29 is 18.0 Å². The normalized spacial score (nSPS) is 14.8. The number of amidine groups is 1. The molecule has 43 heavy (non-hydrogen) atoms. The van der Waals surface area contributed by atoms with E-state index in [0.29, 0.717) is 24.3 Å². The third kappa shape index (κ3) is 9.13. The number of allylic oxidation sites excluding steroid dienone is 1. The molecule has 0 bridgehead atoms. The molecule has 222 valence electrons. The summed E-state index contributed by atoms with van der Waals surface area (Å²) in [5.74, 6) is 5.24. The minimum atomic E-state index is -4.56. The molecule has 4 rings (SSSR count). The maximum absolute atomic E-state index is 14.0. The largest absolute Gasteiger partial charge is 0.416 e. The summed E-state index contributed by atoms with van der Waals surface area (Å²) in [7, 11) is 1.99. The van der Waals surface area contributed by atoms with Crippen molar-refractivity contribution in [2.45, 2.75) is 19.6 Å². The average Bonchev–Trinajstić information content (AvgIpc) is 2.97. The lowest BCUT2D eigenvalue weighted by atomic mass is 10.0. The van der Waals surface area contributed by atoms with Gasteiger partial charge in [0.25, 0.3) is 5.91 Å². The zero-order valence-corrected chi connectivity index (χ0v) is 24.0. The SMILES string of the molecule is Cc1ccc(C(=O)Nc2ccc(CN3CCN(C)CC3)c(C(F)(F)F)c2)cc1C#CC(=N)/C=C\C(N)=Nc1ccccc1. The van der Waals surface area contributed by atoms with E-state index in [1.54, 1.807) is 30.3 Å². The quantitative estimate of drug-likeness (QED) is 0.190. The lowest BCUT2D eigenvalue weighted by molar-refractivity contribution is -0.138. The van der Waals surface area contributed by atoms with Crippen LogP contribution in [0.1, 0.15) is 32.6 Å². The van der Waals surface area contributed by atoms with Gasteiger partial charge < -0.3 is 16.0 Å². The number of nitrogens with two attached hydrogens (primary N) is 1. The number of benzene rings is 3. The van der Waals surface area contributed by atoms with Gasteiger partial charge in [-0.25, -0.2) is 4.99 Å². The summed E-state index contributed by atoms with van der Waals surface area (Å²) in [6.07, 6.45) is -1.66. The molecule has 3 aromatic rings. The number of anilines is 1. The Morgan fingerprint density at radius 3 is 2.47 bits per heavy atom. The number of rotatable bonds is 7. The summed E-state index contributed by atoms with van der Waals surface area (Å²) < 4.78 is 41.9. The smallest absolute Gasteiger partial charge is 0.384 e.